The summed E-state index contributed by atoms with van der Waals surface area (Å²) < 4.78 is 5.00. The van der Waals surface area contributed by atoms with Crippen molar-refractivity contribution in [3.05, 3.63) is 59.5 Å². The molecule has 7 nitrogen and oxygen atoms in total. The first kappa shape index (κ1) is 21.6. The molecule has 0 saturated carbocycles. The lowest BCUT2D eigenvalue weighted by atomic mass is 9.95. The fourth-order valence-corrected chi connectivity index (χ4v) is 4.35. The Hall–Kier alpha value is -2.64. The molecule has 4 rings (SSSR count). The van der Waals surface area contributed by atoms with E-state index in [-0.39, 0.29) is 17.7 Å². The van der Waals surface area contributed by atoms with E-state index in [9.17, 15) is 9.59 Å². The van der Waals surface area contributed by atoms with Crippen LogP contribution in [0.5, 0.6) is 0 Å². The SMILES string of the molecule is CN1CCN(Cc2cccc(CNC(=O)C3CCN(C(=O)c4ccoc4)CC3)c2)CC1. The summed E-state index contributed by atoms with van der Waals surface area (Å²) in [7, 11) is 2.17. The normalized spacial score (nSPS) is 18.8. The summed E-state index contributed by atoms with van der Waals surface area (Å²) >= 11 is 0. The Bertz CT molecular complexity index is 867. The number of nitrogens with one attached hydrogen (secondary N) is 1. The molecule has 0 bridgehead atoms. The Morgan fingerprint density at radius 2 is 1.77 bits per heavy atom. The lowest BCUT2D eigenvalue weighted by Gasteiger charge is -2.32. The zero-order valence-electron chi connectivity index (χ0n) is 18.3. The van der Waals surface area contributed by atoms with Crippen LogP contribution in [0.4, 0.5) is 0 Å². The molecule has 2 fully saturated rings. The molecule has 2 aliphatic heterocycles. The van der Waals surface area contributed by atoms with Gasteiger partial charge in [0.25, 0.3) is 5.91 Å². The van der Waals surface area contributed by atoms with E-state index in [1.54, 1.807) is 11.0 Å². The summed E-state index contributed by atoms with van der Waals surface area (Å²) in [6.45, 7) is 7.12. The van der Waals surface area contributed by atoms with Crippen molar-refractivity contribution in [2.24, 2.45) is 5.92 Å². The second-order valence-electron chi connectivity index (χ2n) is 8.70. The van der Waals surface area contributed by atoms with E-state index in [2.05, 4.69) is 46.4 Å². The van der Waals surface area contributed by atoms with Crippen LogP contribution in [0.1, 0.15) is 34.3 Å². The molecule has 2 amide bonds. The number of nitrogens with zero attached hydrogens (tertiary/aromatic N) is 3. The predicted molar refractivity (Wildman–Crippen MR) is 118 cm³/mol. The van der Waals surface area contributed by atoms with Crippen LogP contribution in [-0.2, 0) is 17.9 Å². The Balaban J connectivity index is 1.22. The van der Waals surface area contributed by atoms with E-state index < -0.39 is 0 Å². The van der Waals surface area contributed by atoms with E-state index >= 15 is 0 Å². The molecule has 0 atom stereocenters. The average Bonchev–Trinajstić information content (AvgIpc) is 3.34. The number of piperazine rings is 1. The van der Waals surface area contributed by atoms with Crippen molar-refractivity contribution >= 4 is 11.8 Å². The minimum absolute atomic E-state index is 0.0234. The minimum Gasteiger partial charge on any atom is -0.472 e. The van der Waals surface area contributed by atoms with Crippen molar-refractivity contribution in [3.8, 4) is 0 Å². The highest BCUT2D eigenvalue weighted by Crippen LogP contribution is 2.20. The second-order valence-corrected chi connectivity index (χ2v) is 8.70. The Labute approximate surface area is 184 Å². The zero-order valence-corrected chi connectivity index (χ0v) is 18.3. The van der Waals surface area contributed by atoms with Gasteiger partial charge in [0, 0.05) is 58.3 Å². The first-order valence-electron chi connectivity index (χ1n) is 11.2. The lowest BCUT2D eigenvalue weighted by molar-refractivity contribution is -0.126. The van der Waals surface area contributed by atoms with E-state index in [4.69, 9.17) is 4.42 Å². The Kier molecular flexibility index (Phi) is 7.04. The highest BCUT2D eigenvalue weighted by atomic mass is 16.3. The number of rotatable bonds is 6. The van der Waals surface area contributed by atoms with Crippen LogP contribution in [0.3, 0.4) is 0 Å². The molecule has 2 saturated heterocycles. The quantitative estimate of drug-likeness (QED) is 0.770. The molecule has 166 valence electrons. The third-order valence-electron chi connectivity index (χ3n) is 6.38. The molecule has 0 aliphatic carbocycles. The van der Waals surface area contributed by atoms with Crippen molar-refractivity contribution < 1.29 is 14.0 Å². The van der Waals surface area contributed by atoms with E-state index in [0.717, 1.165) is 38.3 Å². The first-order valence-corrected chi connectivity index (χ1v) is 11.2. The molecule has 1 N–H and O–H groups in total. The van der Waals surface area contributed by atoms with Gasteiger partial charge in [0.1, 0.15) is 6.26 Å². The number of likely N-dealkylation sites (tertiary alicyclic amines) is 1. The van der Waals surface area contributed by atoms with E-state index in [1.807, 2.05) is 0 Å². The third kappa shape index (κ3) is 5.74. The summed E-state index contributed by atoms with van der Waals surface area (Å²) in [6, 6.07) is 10.2. The summed E-state index contributed by atoms with van der Waals surface area (Å²) in [4.78, 5) is 31.7. The molecule has 0 unspecified atom stereocenters. The van der Waals surface area contributed by atoms with Gasteiger partial charge in [0.2, 0.25) is 5.91 Å². The van der Waals surface area contributed by atoms with Crippen LogP contribution in [0.2, 0.25) is 0 Å². The Morgan fingerprint density at radius 1 is 1.03 bits per heavy atom. The molecule has 1 aromatic carbocycles. The maximum atomic E-state index is 12.7. The number of hydrogen-bond donors (Lipinski definition) is 1. The molecule has 31 heavy (non-hydrogen) atoms. The van der Waals surface area contributed by atoms with Gasteiger partial charge in [0.05, 0.1) is 11.8 Å². The topological polar surface area (TPSA) is 69.0 Å². The number of hydrogen-bond acceptors (Lipinski definition) is 5. The number of piperidine rings is 1. The van der Waals surface area contributed by atoms with Gasteiger partial charge in [-0.1, -0.05) is 24.3 Å². The lowest BCUT2D eigenvalue weighted by Crippen LogP contribution is -2.43. The zero-order chi connectivity index (χ0) is 21.6. The molecule has 1 aromatic heterocycles. The Morgan fingerprint density at radius 3 is 2.48 bits per heavy atom. The molecule has 3 heterocycles. The second kappa shape index (κ2) is 10.1. The standard InChI is InChI=1S/C24H32N4O3/c1-26-10-12-27(13-11-26)17-20-4-2-3-19(15-20)16-25-23(29)21-5-8-28(9-6-21)24(30)22-7-14-31-18-22/h2-4,7,14-15,18,21H,5-6,8-13,16-17H2,1H3,(H,25,29). The molecule has 7 heteroatoms. The van der Waals surface area contributed by atoms with Crippen LogP contribution in [0.25, 0.3) is 0 Å². The van der Waals surface area contributed by atoms with Gasteiger partial charge >= 0.3 is 0 Å². The summed E-state index contributed by atoms with van der Waals surface area (Å²) in [5.41, 5.74) is 2.99. The van der Waals surface area contributed by atoms with E-state index in [1.165, 1.54) is 18.1 Å². The summed E-state index contributed by atoms with van der Waals surface area (Å²) in [5.74, 6) is 0.0200. The van der Waals surface area contributed by atoms with Crippen molar-refractivity contribution in [2.45, 2.75) is 25.9 Å². The van der Waals surface area contributed by atoms with Gasteiger partial charge in [-0.3, -0.25) is 14.5 Å². The van der Waals surface area contributed by atoms with Crippen LogP contribution in [0.15, 0.2) is 47.3 Å². The molecular formula is C24H32N4O3. The van der Waals surface area contributed by atoms with Crippen LogP contribution in [-0.4, -0.2) is 72.8 Å². The van der Waals surface area contributed by atoms with Gasteiger partial charge in [-0.05, 0) is 37.1 Å². The largest absolute Gasteiger partial charge is 0.472 e. The van der Waals surface area contributed by atoms with Gasteiger partial charge in [-0.25, -0.2) is 0 Å². The average molecular weight is 425 g/mol. The van der Waals surface area contributed by atoms with Gasteiger partial charge in [0.15, 0.2) is 0 Å². The molecule has 2 aromatic rings. The smallest absolute Gasteiger partial charge is 0.257 e. The monoisotopic (exact) mass is 424 g/mol. The highest BCUT2D eigenvalue weighted by Gasteiger charge is 2.28. The molecule has 0 spiro atoms. The number of furan rings is 1. The molecule has 0 radical (unpaired) electrons. The number of carbonyl (C=O) groups excluding carboxylic acids is 2. The van der Waals surface area contributed by atoms with Gasteiger partial charge in [-0.15, -0.1) is 0 Å². The van der Waals surface area contributed by atoms with E-state index in [0.29, 0.717) is 38.0 Å². The van der Waals surface area contributed by atoms with Gasteiger partial charge in [-0.2, -0.15) is 0 Å². The fourth-order valence-electron chi connectivity index (χ4n) is 4.35. The predicted octanol–water partition coefficient (Wildman–Crippen LogP) is 2.20. The maximum Gasteiger partial charge on any atom is 0.257 e. The number of amides is 2. The number of benzene rings is 1. The van der Waals surface area contributed by atoms with Crippen molar-refractivity contribution in [3.63, 3.8) is 0 Å². The first-order chi connectivity index (χ1) is 15.1. The van der Waals surface area contributed by atoms with Crippen molar-refractivity contribution in [2.75, 3.05) is 46.3 Å². The van der Waals surface area contributed by atoms with Crippen LogP contribution >= 0.6 is 0 Å². The fraction of sp³-hybridized carbons (Fsp3) is 0.500. The minimum atomic E-state index is -0.0399. The molecule has 2 aliphatic rings. The highest BCUT2D eigenvalue weighted by molar-refractivity contribution is 5.94. The summed E-state index contributed by atoms with van der Waals surface area (Å²) in [6.07, 6.45) is 4.37. The van der Waals surface area contributed by atoms with Crippen molar-refractivity contribution in [1.29, 1.82) is 0 Å². The number of carbonyl (C=O) groups is 2. The van der Waals surface area contributed by atoms with Crippen molar-refractivity contribution in [1.82, 2.24) is 20.0 Å². The van der Waals surface area contributed by atoms with Gasteiger partial charge < -0.3 is 19.5 Å². The van der Waals surface area contributed by atoms with Crippen LogP contribution in [0, 0.1) is 5.92 Å². The summed E-state index contributed by atoms with van der Waals surface area (Å²) in [5, 5.41) is 3.10. The van der Waals surface area contributed by atoms with Crippen LogP contribution < -0.4 is 5.32 Å². The number of likely N-dealkylation sites (N-methyl/N-ethyl adjacent to an activating group) is 1. The third-order valence-corrected chi connectivity index (χ3v) is 6.38. The maximum absolute atomic E-state index is 12.7. The molecular weight excluding hydrogens is 392 g/mol.